The first-order chi connectivity index (χ1) is 11.8. The molecular formula is C21H24N3. The highest BCUT2D eigenvalue weighted by molar-refractivity contribution is 5.58. The first-order valence-electron chi connectivity index (χ1n) is 8.71. The first-order valence-corrected chi connectivity index (χ1v) is 8.71. The molecule has 1 heterocycles. The molecule has 0 fully saturated rings. The molecule has 1 aromatic heterocycles. The fraction of sp³-hybridized carbons (Fsp3) is 0.286. The van der Waals surface area contributed by atoms with Gasteiger partial charge in [0.25, 0.3) is 0 Å². The Kier molecular flexibility index (Phi) is 5.32. The van der Waals surface area contributed by atoms with Crippen LogP contribution in [0.5, 0.6) is 0 Å². The summed E-state index contributed by atoms with van der Waals surface area (Å²) in [5, 5.41) is 8.06. The average molecular weight is 318 g/mol. The van der Waals surface area contributed by atoms with E-state index in [1.54, 1.807) is 0 Å². The molecule has 1 radical (unpaired) electrons. The Morgan fingerprint density at radius 3 is 2.25 bits per heavy atom. The molecule has 0 bridgehead atoms. The Morgan fingerprint density at radius 1 is 0.958 bits per heavy atom. The lowest BCUT2D eigenvalue weighted by Gasteiger charge is -2.09. The van der Waals surface area contributed by atoms with Crippen LogP contribution in [-0.2, 0) is 12.8 Å². The van der Waals surface area contributed by atoms with Crippen molar-refractivity contribution in [2.24, 2.45) is 0 Å². The van der Waals surface area contributed by atoms with Crippen molar-refractivity contribution in [2.45, 2.75) is 39.5 Å². The van der Waals surface area contributed by atoms with Gasteiger partial charge in [0.15, 0.2) is 5.82 Å². The molecule has 0 aliphatic rings. The SMILES string of the molecule is CCCc1[c]c(CCC)cc(Nc2ccn(-c3ccccc3)n2)c1. The third-order valence-corrected chi connectivity index (χ3v) is 3.90. The highest BCUT2D eigenvalue weighted by Gasteiger charge is 2.05. The van der Waals surface area contributed by atoms with Gasteiger partial charge in [-0.05, 0) is 54.3 Å². The Balaban J connectivity index is 1.81. The van der Waals surface area contributed by atoms with Gasteiger partial charge < -0.3 is 5.32 Å². The second kappa shape index (κ2) is 7.82. The molecule has 24 heavy (non-hydrogen) atoms. The Morgan fingerprint density at radius 2 is 1.62 bits per heavy atom. The Hall–Kier alpha value is -2.55. The number of rotatable bonds is 7. The lowest BCUT2D eigenvalue weighted by Crippen LogP contribution is -1.98. The summed E-state index contributed by atoms with van der Waals surface area (Å²) in [6.45, 7) is 4.41. The van der Waals surface area contributed by atoms with E-state index >= 15 is 0 Å². The predicted molar refractivity (Wildman–Crippen MR) is 100 cm³/mol. The van der Waals surface area contributed by atoms with Gasteiger partial charge in [-0.1, -0.05) is 44.9 Å². The predicted octanol–water partition coefficient (Wildman–Crippen LogP) is 5.32. The van der Waals surface area contributed by atoms with E-state index in [4.69, 9.17) is 0 Å². The summed E-state index contributed by atoms with van der Waals surface area (Å²) in [5.74, 6) is 0.856. The summed E-state index contributed by atoms with van der Waals surface area (Å²) < 4.78 is 1.89. The lowest BCUT2D eigenvalue weighted by molar-refractivity contribution is 0.882. The van der Waals surface area contributed by atoms with Gasteiger partial charge in [-0.2, -0.15) is 5.10 Å². The van der Waals surface area contributed by atoms with Crippen molar-refractivity contribution in [2.75, 3.05) is 5.32 Å². The summed E-state index contributed by atoms with van der Waals surface area (Å²) in [4.78, 5) is 0. The minimum absolute atomic E-state index is 0.856. The number of para-hydroxylation sites is 1. The molecule has 0 atom stereocenters. The smallest absolute Gasteiger partial charge is 0.152 e. The molecule has 1 N–H and O–H groups in total. The third-order valence-electron chi connectivity index (χ3n) is 3.90. The molecule has 3 nitrogen and oxygen atoms in total. The topological polar surface area (TPSA) is 29.9 Å². The van der Waals surface area contributed by atoms with Gasteiger partial charge in [-0.15, -0.1) is 0 Å². The molecule has 3 rings (SSSR count). The van der Waals surface area contributed by atoms with Crippen LogP contribution in [0.1, 0.15) is 37.8 Å². The molecule has 2 aromatic carbocycles. The number of aryl methyl sites for hydroxylation is 2. The number of nitrogens with one attached hydrogen (secondary N) is 1. The first kappa shape index (κ1) is 16.3. The summed E-state index contributed by atoms with van der Waals surface area (Å²) in [5.41, 5.74) is 4.70. The number of nitrogens with zero attached hydrogens (tertiary/aromatic N) is 2. The van der Waals surface area contributed by atoms with Crippen LogP contribution in [0.4, 0.5) is 11.5 Å². The summed E-state index contributed by atoms with van der Waals surface area (Å²) in [6.07, 6.45) is 6.37. The second-order valence-corrected chi connectivity index (χ2v) is 6.03. The molecule has 3 heteroatoms. The van der Waals surface area contributed by atoms with Crippen LogP contribution >= 0.6 is 0 Å². The molecule has 3 aromatic rings. The number of anilines is 2. The number of hydrogen-bond acceptors (Lipinski definition) is 2. The summed E-state index contributed by atoms with van der Waals surface area (Å²) >= 11 is 0. The largest absolute Gasteiger partial charge is 0.339 e. The van der Waals surface area contributed by atoms with E-state index < -0.39 is 0 Å². The Labute approximate surface area is 144 Å². The van der Waals surface area contributed by atoms with Gasteiger partial charge in [-0.25, -0.2) is 4.68 Å². The molecule has 0 aliphatic carbocycles. The molecule has 0 saturated carbocycles. The van der Waals surface area contributed by atoms with Gasteiger partial charge in [0.05, 0.1) is 5.69 Å². The average Bonchev–Trinajstić information content (AvgIpc) is 3.05. The molecular weight excluding hydrogens is 294 g/mol. The number of benzene rings is 2. The summed E-state index contributed by atoms with van der Waals surface area (Å²) in [7, 11) is 0. The highest BCUT2D eigenvalue weighted by Crippen LogP contribution is 2.21. The quantitative estimate of drug-likeness (QED) is 0.639. The Bertz CT molecular complexity index is 751. The third kappa shape index (κ3) is 4.05. The second-order valence-electron chi connectivity index (χ2n) is 6.03. The van der Waals surface area contributed by atoms with E-state index in [-0.39, 0.29) is 0 Å². The standard InChI is InChI=1S/C21H24N3/c1-3-8-17-14-18(9-4-2)16-19(15-17)22-21-12-13-24(23-21)20-10-6-5-7-11-20/h5-7,10-13,15-16H,3-4,8-9H2,1-2H3,(H,22,23). The zero-order valence-electron chi connectivity index (χ0n) is 14.4. The monoisotopic (exact) mass is 318 g/mol. The fourth-order valence-corrected chi connectivity index (χ4v) is 2.84. The minimum Gasteiger partial charge on any atom is -0.339 e. The van der Waals surface area contributed by atoms with Crippen molar-refractivity contribution < 1.29 is 0 Å². The zero-order chi connectivity index (χ0) is 16.8. The molecule has 0 spiro atoms. The molecule has 0 saturated heterocycles. The zero-order valence-corrected chi connectivity index (χ0v) is 14.4. The normalized spacial score (nSPS) is 10.8. The van der Waals surface area contributed by atoms with Crippen molar-refractivity contribution in [1.82, 2.24) is 9.78 Å². The lowest BCUT2D eigenvalue weighted by atomic mass is 10.0. The molecule has 0 unspecified atom stereocenters. The van der Waals surface area contributed by atoms with Gasteiger partial charge in [0.1, 0.15) is 0 Å². The summed E-state index contributed by atoms with van der Waals surface area (Å²) in [6, 6.07) is 20.1. The van der Waals surface area contributed by atoms with Crippen LogP contribution in [0.15, 0.2) is 54.7 Å². The van der Waals surface area contributed by atoms with Crippen LogP contribution in [0, 0.1) is 6.07 Å². The van der Waals surface area contributed by atoms with Crippen LogP contribution in [0.3, 0.4) is 0 Å². The van der Waals surface area contributed by atoms with Gasteiger partial charge in [0, 0.05) is 18.0 Å². The van der Waals surface area contributed by atoms with E-state index in [0.717, 1.165) is 42.9 Å². The van der Waals surface area contributed by atoms with Crippen molar-refractivity contribution >= 4 is 11.5 Å². The van der Waals surface area contributed by atoms with Crippen molar-refractivity contribution in [3.8, 4) is 5.69 Å². The van der Waals surface area contributed by atoms with Crippen LogP contribution in [-0.4, -0.2) is 9.78 Å². The molecule has 123 valence electrons. The highest BCUT2D eigenvalue weighted by atomic mass is 15.3. The number of aromatic nitrogens is 2. The van der Waals surface area contributed by atoms with E-state index in [1.807, 2.05) is 47.3 Å². The van der Waals surface area contributed by atoms with E-state index in [0.29, 0.717) is 0 Å². The van der Waals surface area contributed by atoms with E-state index in [1.165, 1.54) is 11.1 Å². The maximum atomic E-state index is 4.62. The number of hydrogen-bond donors (Lipinski definition) is 1. The molecule has 0 aliphatic heterocycles. The maximum Gasteiger partial charge on any atom is 0.152 e. The van der Waals surface area contributed by atoms with E-state index in [9.17, 15) is 0 Å². The van der Waals surface area contributed by atoms with Crippen LogP contribution in [0.2, 0.25) is 0 Å². The fourth-order valence-electron chi connectivity index (χ4n) is 2.84. The van der Waals surface area contributed by atoms with Gasteiger partial charge >= 0.3 is 0 Å². The van der Waals surface area contributed by atoms with Crippen molar-refractivity contribution in [3.05, 3.63) is 71.9 Å². The van der Waals surface area contributed by atoms with Gasteiger partial charge in [0.2, 0.25) is 0 Å². The van der Waals surface area contributed by atoms with E-state index in [2.05, 4.69) is 42.5 Å². The minimum atomic E-state index is 0.856. The van der Waals surface area contributed by atoms with Crippen LogP contribution in [0.25, 0.3) is 5.69 Å². The van der Waals surface area contributed by atoms with Gasteiger partial charge in [-0.3, -0.25) is 0 Å². The maximum absolute atomic E-state index is 4.62. The van der Waals surface area contributed by atoms with Crippen molar-refractivity contribution in [1.29, 1.82) is 0 Å². The molecule has 0 amide bonds. The van der Waals surface area contributed by atoms with Crippen molar-refractivity contribution in [3.63, 3.8) is 0 Å². The van der Waals surface area contributed by atoms with Crippen LogP contribution < -0.4 is 5.32 Å².